The van der Waals surface area contributed by atoms with Crippen LogP contribution in [0.5, 0.6) is 0 Å². The molecule has 3 aromatic rings. The molecule has 0 saturated carbocycles. The Hall–Kier alpha value is -2.77. The van der Waals surface area contributed by atoms with Crippen LogP contribution in [0.15, 0.2) is 53.6 Å². The highest BCUT2D eigenvalue weighted by molar-refractivity contribution is 7.98. The summed E-state index contributed by atoms with van der Waals surface area (Å²) in [6.07, 6.45) is 4.57. The van der Waals surface area contributed by atoms with Crippen molar-refractivity contribution in [2.75, 3.05) is 12.8 Å². The fraction of sp³-hybridized carbons (Fsp3) is 0.280. The number of hydrogen-bond donors (Lipinski definition) is 1. The van der Waals surface area contributed by atoms with E-state index < -0.39 is 11.6 Å². The summed E-state index contributed by atoms with van der Waals surface area (Å²) >= 11 is 1.55. The van der Waals surface area contributed by atoms with E-state index >= 15 is 0 Å². The number of aryl methyl sites for hydroxylation is 1. The summed E-state index contributed by atoms with van der Waals surface area (Å²) in [6, 6.07) is 11.1. The fourth-order valence-electron chi connectivity index (χ4n) is 4.15. The highest BCUT2D eigenvalue weighted by Gasteiger charge is 2.22. The van der Waals surface area contributed by atoms with Crippen molar-refractivity contribution in [2.24, 2.45) is 0 Å². The number of carbonyl (C=O) groups is 1. The Labute approximate surface area is 191 Å². The summed E-state index contributed by atoms with van der Waals surface area (Å²) in [4.78, 5) is 20.3. The lowest BCUT2D eigenvalue weighted by Crippen LogP contribution is -2.32. The summed E-state index contributed by atoms with van der Waals surface area (Å²) in [6.45, 7) is 4.03. The first-order valence-corrected chi connectivity index (χ1v) is 11.7. The van der Waals surface area contributed by atoms with Gasteiger partial charge in [-0.2, -0.15) is 0 Å². The molecular weight excluding hydrogens is 428 g/mol. The van der Waals surface area contributed by atoms with Crippen LogP contribution in [0.3, 0.4) is 0 Å². The number of rotatable bonds is 6. The average molecular weight is 454 g/mol. The van der Waals surface area contributed by atoms with E-state index in [1.807, 2.05) is 43.6 Å². The predicted molar refractivity (Wildman–Crippen MR) is 123 cm³/mol. The van der Waals surface area contributed by atoms with E-state index in [9.17, 15) is 13.6 Å². The van der Waals surface area contributed by atoms with Crippen LogP contribution in [0, 0.1) is 18.6 Å². The lowest BCUT2D eigenvalue weighted by molar-refractivity contribution is 0.0947. The Kier molecular flexibility index (Phi) is 6.86. The second-order valence-electron chi connectivity index (χ2n) is 7.91. The lowest BCUT2D eigenvalue weighted by atomic mass is 9.94. The van der Waals surface area contributed by atoms with Crippen molar-refractivity contribution in [3.05, 3.63) is 93.8 Å². The third-order valence-electron chi connectivity index (χ3n) is 5.85. The number of nitrogens with one attached hydrogen (secondary N) is 1. The molecule has 1 aliphatic rings. The normalized spacial score (nSPS) is 13.6. The van der Waals surface area contributed by atoms with E-state index in [1.54, 1.807) is 11.8 Å². The number of pyridine rings is 1. The van der Waals surface area contributed by atoms with Gasteiger partial charge in [0.25, 0.3) is 5.91 Å². The van der Waals surface area contributed by atoms with Crippen LogP contribution in [0.25, 0.3) is 0 Å². The van der Waals surface area contributed by atoms with Crippen molar-refractivity contribution >= 4 is 17.7 Å². The largest absolute Gasteiger partial charge is 0.348 e. The van der Waals surface area contributed by atoms with Gasteiger partial charge >= 0.3 is 0 Å². The fourth-order valence-corrected chi connectivity index (χ4v) is 4.75. The molecule has 0 spiro atoms. The van der Waals surface area contributed by atoms with Gasteiger partial charge in [0, 0.05) is 48.5 Å². The minimum Gasteiger partial charge on any atom is -0.348 e. The maximum Gasteiger partial charge on any atom is 0.252 e. The van der Waals surface area contributed by atoms with Crippen LogP contribution in [0.1, 0.15) is 38.3 Å². The van der Waals surface area contributed by atoms with Crippen LogP contribution < -0.4 is 5.32 Å². The van der Waals surface area contributed by atoms with Gasteiger partial charge in [-0.15, -0.1) is 11.8 Å². The molecule has 2 aromatic carbocycles. The molecular formula is C25H25F2N3OS. The molecule has 4 nitrogen and oxygen atoms in total. The van der Waals surface area contributed by atoms with Gasteiger partial charge in [-0.1, -0.05) is 12.1 Å². The Morgan fingerprint density at radius 3 is 2.84 bits per heavy atom. The molecule has 1 amide bonds. The Balaban J connectivity index is 1.49. The quantitative estimate of drug-likeness (QED) is 0.541. The number of nitrogens with zero attached hydrogens (tertiary/aromatic N) is 2. The monoisotopic (exact) mass is 453 g/mol. The molecule has 1 aromatic heterocycles. The second-order valence-corrected chi connectivity index (χ2v) is 8.75. The third-order valence-corrected chi connectivity index (χ3v) is 6.65. The van der Waals surface area contributed by atoms with Crippen LogP contribution in [-0.4, -0.2) is 28.6 Å². The molecule has 0 bridgehead atoms. The maximum absolute atomic E-state index is 14.1. The van der Waals surface area contributed by atoms with Gasteiger partial charge in [0.15, 0.2) is 0 Å². The molecule has 0 fully saturated rings. The third kappa shape index (κ3) is 4.84. The summed E-state index contributed by atoms with van der Waals surface area (Å²) in [5, 5.41) is 3.05. The number of carbonyl (C=O) groups excluding carboxylic acids is 1. The zero-order valence-corrected chi connectivity index (χ0v) is 18.9. The molecule has 32 heavy (non-hydrogen) atoms. The number of fused-ring (bicyclic) bond motifs is 1. The SMILES string of the molecule is CSc1ccccc1C(=O)NCc1c(C)ncc2c1CCN(Cc1cc(F)ccc1F)C2. The minimum atomic E-state index is -0.433. The molecule has 0 saturated heterocycles. The first-order chi connectivity index (χ1) is 15.5. The Bertz CT molecular complexity index is 1150. The predicted octanol–water partition coefficient (Wildman–Crippen LogP) is 4.88. The second kappa shape index (κ2) is 9.79. The van der Waals surface area contributed by atoms with Gasteiger partial charge in [-0.3, -0.25) is 14.7 Å². The molecule has 7 heteroatoms. The molecule has 0 radical (unpaired) electrons. The van der Waals surface area contributed by atoms with E-state index in [0.29, 0.717) is 30.8 Å². The minimum absolute atomic E-state index is 0.106. The van der Waals surface area contributed by atoms with Crippen molar-refractivity contribution in [2.45, 2.75) is 37.9 Å². The molecule has 0 atom stereocenters. The van der Waals surface area contributed by atoms with Crippen LogP contribution in [0.2, 0.25) is 0 Å². The van der Waals surface area contributed by atoms with Crippen molar-refractivity contribution in [3.63, 3.8) is 0 Å². The highest BCUT2D eigenvalue weighted by atomic mass is 32.2. The van der Waals surface area contributed by atoms with Gasteiger partial charge in [0.2, 0.25) is 0 Å². The van der Waals surface area contributed by atoms with E-state index in [4.69, 9.17) is 0 Å². The van der Waals surface area contributed by atoms with Gasteiger partial charge in [-0.25, -0.2) is 8.78 Å². The van der Waals surface area contributed by atoms with E-state index in [2.05, 4.69) is 15.2 Å². The van der Waals surface area contributed by atoms with Gasteiger partial charge in [0.1, 0.15) is 11.6 Å². The van der Waals surface area contributed by atoms with Crippen molar-refractivity contribution < 1.29 is 13.6 Å². The molecule has 2 heterocycles. The molecule has 166 valence electrons. The number of hydrogen-bond acceptors (Lipinski definition) is 4. The average Bonchev–Trinajstić information content (AvgIpc) is 2.80. The smallest absolute Gasteiger partial charge is 0.252 e. The number of benzene rings is 2. The summed E-state index contributed by atoms with van der Waals surface area (Å²) in [7, 11) is 0. The van der Waals surface area contributed by atoms with Crippen LogP contribution in [0.4, 0.5) is 8.78 Å². The number of thioether (sulfide) groups is 1. The zero-order chi connectivity index (χ0) is 22.7. The van der Waals surface area contributed by atoms with E-state index in [1.165, 1.54) is 17.7 Å². The highest BCUT2D eigenvalue weighted by Crippen LogP contribution is 2.26. The van der Waals surface area contributed by atoms with Crippen molar-refractivity contribution in [3.8, 4) is 0 Å². The van der Waals surface area contributed by atoms with Gasteiger partial charge < -0.3 is 5.32 Å². The Morgan fingerprint density at radius 1 is 1.22 bits per heavy atom. The van der Waals surface area contributed by atoms with E-state index in [-0.39, 0.29) is 5.91 Å². The molecule has 1 N–H and O–H groups in total. The number of aromatic nitrogens is 1. The summed E-state index contributed by atoms with van der Waals surface area (Å²) in [5.41, 5.74) is 5.20. The summed E-state index contributed by atoms with van der Waals surface area (Å²) < 4.78 is 27.6. The topological polar surface area (TPSA) is 45.2 Å². The number of amides is 1. The molecule has 1 aliphatic heterocycles. The van der Waals surface area contributed by atoms with Crippen LogP contribution >= 0.6 is 11.8 Å². The summed E-state index contributed by atoms with van der Waals surface area (Å²) in [5.74, 6) is -0.934. The van der Waals surface area contributed by atoms with E-state index in [0.717, 1.165) is 40.7 Å². The van der Waals surface area contributed by atoms with Crippen molar-refractivity contribution in [1.29, 1.82) is 0 Å². The molecule has 0 unspecified atom stereocenters. The first kappa shape index (κ1) is 22.4. The zero-order valence-electron chi connectivity index (χ0n) is 18.1. The van der Waals surface area contributed by atoms with Gasteiger partial charge in [0.05, 0.1) is 5.56 Å². The maximum atomic E-state index is 14.1. The van der Waals surface area contributed by atoms with Crippen LogP contribution in [-0.2, 0) is 26.1 Å². The lowest BCUT2D eigenvalue weighted by Gasteiger charge is -2.30. The van der Waals surface area contributed by atoms with Gasteiger partial charge in [-0.05, 0) is 66.6 Å². The first-order valence-electron chi connectivity index (χ1n) is 10.5. The Morgan fingerprint density at radius 2 is 2.03 bits per heavy atom. The molecule has 0 aliphatic carbocycles. The number of halogens is 2. The standard InChI is InChI=1S/C25H25F2N3OS/c1-16-22(13-29-25(31)21-5-3-4-6-24(21)32-2)20-9-10-30(15-18(20)12-28-16)14-17-11-19(26)7-8-23(17)27/h3-8,11-12H,9-10,13-15H2,1-2H3,(H,29,31). The van der Waals surface area contributed by atoms with Crippen molar-refractivity contribution in [1.82, 2.24) is 15.2 Å². The molecule has 4 rings (SSSR count).